The summed E-state index contributed by atoms with van der Waals surface area (Å²) >= 11 is 6.26. The van der Waals surface area contributed by atoms with Crippen molar-refractivity contribution in [1.82, 2.24) is 0 Å². The second-order valence-corrected chi connectivity index (χ2v) is 9.92. The van der Waals surface area contributed by atoms with Gasteiger partial charge in [-0.2, -0.15) is 13.2 Å². The smallest absolute Gasteiger partial charge is 0.368 e. The maximum Gasteiger partial charge on any atom is 0.433 e. The first-order valence-corrected chi connectivity index (χ1v) is 13.2. The van der Waals surface area contributed by atoms with Crippen LogP contribution in [0, 0.1) is 11.8 Å². The number of nitrogens with one attached hydrogen (secondary N) is 1. The fourth-order valence-corrected chi connectivity index (χ4v) is 5.05. The Hall–Kier alpha value is -4.50. The molecule has 0 amide bonds. The van der Waals surface area contributed by atoms with Crippen LogP contribution in [-0.2, 0) is 11.1 Å². The Morgan fingerprint density at radius 3 is 1.49 bits per heavy atom. The molecule has 2 nitrogen and oxygen atoms in total. The van der Waals surface area contributed by atoms with E-state index < -0.39 is 22.9 Å². The number of alkyl halides is 3. The molecule has 0 radical (unpaired) electrons. The van der Waals surface area contributed by atoms with E-state index in [1.807, 2.05) is 91.0 Å². The molecule has 0 aliphatic heterocycles. The summed E-state index contributed by atoms with van der Waals surface area (Å²) in [5, 5.41) is 14.9. The zero-order valence-corrected chi connectivity index (χ0v) is 22.5. The molecule has 0 bridgehead atoms. The van der Waals surface area contributed by atoms with E-state index >= 15 is 0 Å². The lowest BCUT2D eigenvalue weighted by atomic mass is 9.76. The fourth-order valence-electron chi connectivity index (χ4n) is 4.88. The van der Waals surface area contributed by atoms with Gasteiger partial charge in [-0.1, -0.05) is 127 Å². The van der Waals surface area contributed by atoms with Crippen LogP contribution in [0.15, 0.2) is 140 Å². The Labute approximate surface area is 242 Å². The number of anilines is 1. The van der Waals surface area contributed by atoms with Gasteiger partial charge in [-0.3, -0.25) is 0 Å². The first kappa shape index (κ1) is 28.0. The molecule has 0 fully saturated rings. The van der Waals surface area contributed by atoms with Crippen molar-refractivity contribution in [3.8, 4) is 11.8 Å². The molecule has 2 N–H and O–H groups in total. The van der Waals surface area contributed by atoms with Crippen molar-refractivity contribution in [1.29, 1.82) is 0 Å². The van der Waals surface area contributed by atoms with E-state index in [1.165, 1.54) is 12.1 Å². The van der Waals surface area contributed by atoms with Crippen molar-refractivity contribution in [2.75, 3.05) is 5.32 Å². The van der Waals surface area contributed by atoms with Crippen LogP contribution in [0.25, 0.3) is 0 Å². The molecule has 0 saturated heterocycles. The monoisotopic (exact) mass is 567 g/mol. The predicted molar refractivity (Wildman–Crippen MR) is 158 cm³/mol. The Morgan fingerprint density at radius 2 is 1.05 bits per heavy atom. The highest BCUT2D eigenvalue weighted by molar-refractivity contribution is 6.30. The van der Waals surface area contributed by atoms with Gasteiger partial charge >= 0.3 is 6.18 Å². The highest BCUT2D eigenvalue weighted by atomic mass is 35.5. The van der Waals surface area contributed by atoms with Gasteiger partial charge in [0.05, 0.1) is 0 Å². The molecule has 41 heavy (non-hydrogen) atoms. The molecule has 1 atom stereocenters. The van der Waals surface area contributed by atoms with Crippen molar-refractivity contribution in [3.05, 3.63) is 172 Å². The first-order valence-electron chi connectivity index (χ1n) is 12.9. The lowest BCUT2D eigenvalue weighted by molar-refractivity contribution is -0.240. The molecule has 6 heteroatoms. The molecule has 1 unspecified atom stereocenters. The summed E-state index contributed by atoms with van der Waals surface area (Å²) < 4.78 is 44.3. The summed E-state index contributed by atoms with van der Waals surface area (Å²) in [7, 11) is 0. The number of hydrogen-bond acceptors (Lipinski definition) is 2. The van der Waals surface area contributed by atoms with Gasteiger partial charge in [-0.05, 0) is 52.9 Å². The molecular weight excluding hydrogens is 543 g/mol. The van der Waals surface area contributed by atoms with Gasteiger partial charge < -0.3 is 10.4 Å². The van der Waals surface area contributed by atoms with Crippen molar-refractivity contribution in [2.24, 2.45) is 0 Å². The van der Waals surface area contributed by atoms with Crippen LogP contribution >= 0.6 is 11.6 Å². The Kier molecular flexibility index (Phi) is 7.90. The van der Waals surface area contributed by atoms with Gasteiger partial charge in [-0.25, -0.2) is 0 Å². The van der Waals surface area contributed by atoms with Crippen LogP contribution in [0.1, 0.15) is 27.8 Å². The molecule has 5 aromatic rings. The zero-order valence-electron chi connectivity index (χ0n) is 21.7. The Bertz CT molecular complexity index is 1570. The summed E-state index contributed by atoms with van der Waals surface area (Å²) in [5.41, 5.74) is -2.49. The minimum atomic E-state index is -5.15. The van der Waals surface area contributed by atoms with Gasteiger partial charge in [-0.15, -0.1) is 0 Å². The van der Waals surface area contributed by atoms with Gasteiger partial charge in [0.15, 0.2) is 0 Å². The van der Waals surface area contributed by atoms with E-state index in [0.29, 0.717) is 5.56 Å². The lowest BCUT2D eigenvalue weighted by Crippen LogP contribution is -2.43. The average molecular weight is 568 g/mol. The Morgan fingerprint density at radius 1 is 0.610 bits per heavy atom. The zero-order chi connectivity index (χ0) is 28.9. The molecule has 0 saturated carbocycles. The molecule has 0 spiro atoms. The lowest BCUT2D eigenvalue weighted by Gasteiger charge is -2.39. The SMILES string of the molecule is OC(C#Cc1ccccc1)(c1cc(Cl)ccc1NC(c1ccccc1)(c1ccccc1)c1ccccc1)C(F)(F)F. The largest absolute Gasteiger partial charge is 0.433 e. The highest BCUT2D eigenvalue weighted by Crippen LogP contribution is 2.46. The standard InChI is InChI=1S/C35H25ClF3NO/c36-30-21-22-32(31(25-30)33(41,35(37,38)39)24-23-26-13-5-1-6-14-26)40-34(27-15-7-2-8-16-27,28-17-9-3-10-18-28)29-19-11-4-12-20-29/h1-22,25,40-41H. The quantitative estimate of drug-likeness (QED) is 0.159. The second-order valence-electron chi connectivity index (χ2n) is 9.49. The van der Waals surface area contributed by atoms with Crippen molar-refractivity contribution < 1.29 is 18.3 Å². The third-order valence-corrected chi connectivity index (χ3v) is 7.12. The normalized spacial score (nSPS) is 13.0. The molecule has 5 aromatic carbocycles. The predicted octanol–water partition coefficient (Wildman–Crippen LogP) is 8.55. The summed E-state index contributed by atoms with van der Waals surface area (Å²) in [6.07, 6.45) is -5.15. The Balaban J connectivity index is 1.79. The molecular formula is C35H25ClF3NO. The van der Waals surface area contributed by atoms with Gasteiger partial charge in [0, 0.05) is 21.8 Å². The van der Waals surface area contributed by atoms with Crippen LogP contribution in [0.4, 0.5) is 18.9 Å². The number of benzene rings is 5. The minimum Gasteiger partial charge on any atom is -0.368 e. The van der Waals surface area contributed by atoms with Crippen LogP contribution in [0.3, 0.4) is 0 Å². The van der Waals surface area contributed by atoms with Gasteiger partial charge in [0.25, 0.3) is 5.60 Å². The summed E-state index contributed by atoms with van der Waals surface area (Å²) in [6, 6.07) is 40.6. The first-order chi connectivity index (χ1) is 19.7. The maximum atomic E-state index is 14.8. The number of rotatable bonds is 6. The van der Waals surface area contributed by atoms with Gasteiger partial charge in [0.1, 0.15) is 5.54 Å². The number of halogens is 4. The summed E-state index contributed by atoms with van der Waals surface area (Å²) in [4.78, 5) is 0. The van der Waals surface area contributed by atoms with Crippen LogP contribution < -0.4 is 5.32 Å². The third kappa shape index (κ3) is 5.58. The van der Waals surface area contributed by atoms with Crippen molar-refractivity contribution >= 4 is 17.3 Å². The van der Waals surface area contributed by atoms with Crippen LogP contribution in [0.2, 0.25) is 5.02 Å². The molecule has 0 heterocycles. The highest BCUT2D eigenvalue weighted by Gasteiger charge is 2.56. The maximum absolute atomic E-state index is 14.8. The van der Waals surface area contributed by atoms with Crippen LogP contribution in [0.5, 0.6) is 0 Å². The van der Waals surface area contributed by atoms with Crippen molar-refractivity contribution in [3.63, 3.8) is 0 Å². The molecule has 0 aliphatic carbocycles. The third-order valence-electron chi connectivity index (χ3n) is 6.89. The van der Waals surface area contributed by atoms with E-state index in [-0.39, 0.29) is 10.7 Å². The molecule has 0 aromatic heterocycles. The average Bonchev–Trinajstić information content (AvgIpc) is 3.00. The summed E-state index contributed by atoms with van der Waals surface area (Å²) in [5.74, 6) is 4.63. The van der Waals surface area contributed by atoms with E-state index in [0.717, 1.165) is 22.8 Å². The summed E-state index contributed by atoms with van der Waals surface area (Å²) in [6.45, 7) is 0. The van der Waals surface area contributed by atoms with E-state index in [4.69, 9.17) is 11.6 Å². The van der Waals surface area contributed by atoms with E-state index in [9.17, 15) is 18.3 Å². The molecule has 0 aliphatic rings. The number of hydrogen-bond donors (Lipinski definition) is 2. The van der Waals surface area contributed by atoms with E-state index in [1.54, 1.807) is 30.3 Å². The minimum absolute atomic E-state index is 0.0214. The van der Waals surface area contributed by atoms with E-state index in [2.05, 4.69) is 17.2 Å². The fraction of sp³-hybridized carbons (Fsp3) is 0.0857. The second kappa shape index (κ2) is 11.5. The number of aliphatic hydroxyl groups is 1. The topological polar surface area (TPSA) is 32.3 Å². The van der Waals surface area contributed by atoms with Crippen molar-refractivity contribution in [2.45, 2.75) is 17.3 Å². The molecule has 204 valence electrons. The van der Waals surface area contributed by atoms with Crippen LogP contribution in [-0.4, -0.2) is 11.3 Å². The van der Waals surface area contributed by atoms with Gasteiger partial charge in [0.2, 0.25) is 0 Å². The molecule has 5 rings (SSSR count).